The standard InChI is InChI=1S/C19H8F3N3O3/c20-19(21,22)10-4-5-15-14(7-10)23-17-12-3-1-2-9-6-11(25(27)28)8-13(16(9)12)18(26)24(15)17/h1-8H. The lowest BCUT2D eigenvalue weighted by Gasteiger charge is -2.07. The summed E-state index contributed by atoms with van der Waals surface area (Å²) >= 11 is 0. The molecule has 2 aromatic heterocycles. The van der Waals surface area contributed by atoms with Crippen molar-refractivity contribution in [2.45, 2.75) is 6.18 Å². The van der Waals surface area contributed by atoms with Crippen molar-refractivity contribution in [1.82, 2.24) is 9.38 Å². The summed E-state index contributed by atoms with van der Waals surface area (Å²) in [6, 6.07) is 10.5. The van der Waals surface area contributed by atoms with Crippen molar-refractivity contribution < 1.29 is 18.1 Å². The Balaban J connectivity index is 2.02. The summed E-state index contributed by atoms with van der Waals surface area (Å²) in [5.41, 5.74) is -1.22. The van der Waals surface area contributed by atoms with E-state index in [-0.39, 0.29) is 27.8 Å². The van der Waals surface area contributed by atoms with Crippen LogP contribution in [0.1, 0.15) is 5.56 Å². The van der Waals surface area contributed by atoms with E-state index in [9.17, 15) is 28.1 Å². The highest BCUT2D eigenvalue weighted by molar-refractivity contribution is 6.16. The van der Waals surface area contributed by atoms with Crippen molar-refractivity contribution in [3.05, 3.63) is 74.6 Å². The Bertz CT molecular complexity index is 1510. The zero-order valence-electron chi connectivity index (χ0n) is 13.8. The van der Waals surface area contributed by atoms with Crippen molar-refractivity contribution in [3.8, 4) is 0 Å². The molecular formula is C19H8F3N3O3. The van der Waals surface area contributed by atoms with Gasteiger partial charge in [-0.1, -0.05) is 18.2 Å². The highest BCUT2D eigenvalue weighted by atomic mass is 19.4. The molecule has 0 spiro atoms. The van der Waals surface area contributed by atoms with Crippen LogP contribution >= 0.6 is 0 Å². The number of imidazole rings is 1. The zero-order chi connectivity index (χ0) is 19.8. The number of nitro benzene ring substituents is 1. The minimum absolute atomic E-state index is 0.0254. The molecule has 9 heteroatoms. The second kappa shape index (κ2) is 5.16. The summed E-state index contributed by atoms with van der Waals surface area (Å²) in [4.78, 5) is 28.0. The van der Waals surface area contributed by atoms with Crippen LogP contribution < -0.4 is 5.56 Å². The molecule has 0 saturated heterocycles. The highest BCUT2D eigenvalue weighted by Gasteiger charge is 2.31. The van der Waals surface area contributed by atoms with Crippen LogP contribution in [0.15, 0.2) is 53.3 Å². The number of fused-ring (bicyclic) bond motifs is 4. The van der Waals surface area contributed by atoms with E-state index >= 15 is 0 Å². The number of halogens is 3. The average molecular weight is 383 g/mol. The lowest BCUT2D eigenvalue weighted by molar-refractivity contribution is -0.384. The molecule has 3 aromatic carbocycles. The molecule has 0 fully saturated rings. The third-order valence-corrected chi connectivity index (χ3v) is 4.83. The molecule has 2 heterocycles. The minimum Gasteiger partial charge on any atom is -0.268 e. The normalized spacial score (nSPS) is 12.5. The molecule has 0 aliphatic rings. The average Bonchev–Trinajstić information content (AvgIpc) is 3.03. The summed E-state index contributed by atoms with van der Waals surface area (Å²) in [7, 11) is 0. The van der Waals surface area contributed by atoms with Gasteiger partial charge in [-0.05, 0) is 23.6 Å². The van der Waals surface area contributed by atoms with E-state index in [1.54, 1.807) is 18.2 Å². The lowest BCUT2D eigenvalue weighted by Crippen LogP contribution is -2.13. The molecule has 6 nitrogen and oxygen atoms in total. The Hall–Kier alpha value is -3.75. The number of alkyl halides is 3. The van der Waals surface area contributed by atoms with Crippen LogP contribution in [0.25, 0.3) is 38.2 Å². The maximum atomic E-state index is 13.1. The van der Waals surface area contributed by atoms with Crippen molar-refractivity contribution in [3.63, 3.8) is 0 Å². The van der Waals surface area contributed by atoms with E-state index < -0.39 is 22.2 Å². The van der Waals surface area contributed by atoms with Gasteiger partial charge in [0, 0.05) is 22.9 Å². The number of nitro groups is 1. The Morgan fingerprint density at radius 3 is 2.54 bits per heavy atom. The van der Waals surface area contributed by atoms with E-state index in [4.69, 9.17) is 0 Å². The first-order valence-electron chi connectivity index (χ1n) is 8.11. The van der Waals surface area contributed by atoms with Gasteiger partial charge in [0.25, 0.3) is 11.2 Å². The SMILES string of the molecule is O=c1c2cc([N+](=O)[O-])cc3cccc(c32)c2nc3cc(C(F)(F)F)ccc3n12. The molecule has 0 aliphatic heterocycles. The Morgan fingerprint density at radius 1 is 1.04 bits per heavy atom. The molecule has 5 rings (SSSR count). The summed E-state index contributed by atoms with van der Waals surface area (Å²) in [5.74, 6) is 0. The van der Waals surface area contributed by atoms with Crippen molar-refractivity contribution in [2.24, 2.45) is 0 Å². The quantitative estimate of drug-likeness (QED) is 0.315. The highest BCUT2D eigenvalue weighted by Crippen LogP contribution is 2.34. The van der Waals surface area contributed by atoms with E-state index in [1.165, 1.54) is 22.6 Å². The van der Waals surface area contributed by atoms with E-state index in [2.05, 4.69) is 4.98 Å². The molecule has 0 N–H and O–H groups in total. The minimum atomic E-state index is -4.54. The summed E-state index contributed by atoms with van der Waals surface area (Å²) in [5, 5.41) is 12.9. The predicted octanol–water partition coefficient (Wildman–Crippen LogP) is 4.52. The fourth-order valence-electron chi connectivity index (χ4n) is 3.64. The molecule has 0 atom stereocenters. The van der Waals surface area contributed by atoms with E-state index in [1.807, 2.05) is 0 Å². The first-order valence-corrected chi connectivity index (χ1v) is 8.11. The van der Waals surface area contributed by atoms with Gasteiger partial charge in [-0.3, -0.25) is 19.3 Å². The molecular weight excluding hydrogens is 375 g/mol. The Morgan fingerprint density at radius 2 is 1.82 bits per heavy atom. The summed E-state index contributed by atoms with van der Waals surface area (Å²) in [6.45, 7) is 0. The maximum Gasteiger partial charge on any atom is 0.416 e. The largest absolute Gasteiger partial charge is 0.416 e. The number of pyridine rings is 1. The monoisotopic (exact) mass is 383 g/mol. The number of hydrogen-bond acceptors (Lipinski definition) is 4. The van der Waals surface area contributed by atoms with Gasteiger partial charge >= 0.3 is 6.18 Å². The van der Waals surface area contributed by atoms with Crippen LogP contribution in [0.4, 0.5) is 18.9 Å². The van der Waals surface area contributed by atoms with Crippen molar-refractivity contribution >= 4 is 43.9 Å². The molecule has 0 aliphatic carbocycles. The zero-order valence-corrected chi connectivity index (χ0v) is 13.8. The Labute approximate surface area is 152 Å². The fraction of sp³-hybridized carbons (Fsp3) is 0.0526. The van der Waals surface area contributed by atoms with E-state index in [0.717, 1.165) is 12.1 Å². The second-order valence-electron chi connectivity index (χ2n) is 6.43. The summed E-state index contributed by atoms with van der Waals surface area (Å²) in [6.07, 6.45) is -4.54. The van der Waals surface area contributed by atoms with Gasteiger partial charge in [-0.2, -0.15) is 13.2 Å². The van der Waals surface area contributed by atoms with Crippen LogP contribution in [-0.4, -0.2) is 14.3 Å². The Kier molecular flexibility index (Phi) is 3.02. The first kappa shape index (κ1) is 16.4. The number of non-ortho nitro benzene ring substituents is 1. The number of rotatable bonds is 1. The maximum absolute atomic E-state index is 13.1. The topological polar surface area (TPSA) is 77.5 Å². The van der Waals surface area contributed by atoms with Gasteiger partial charge in [0.1, 0.15) is 5.65 Å². The molecule has 0 amide bonds. The smallest absolute Gasteiger partial charge is 0.268 e. The lowest BCUT2D eigenvalue weighted by atomic mass is 10.0. The summed E-state index contributed by atoms with van der Waals surface area (Å²) < 4.78 is 40.3. The van der Waals surface area contributed by atoms with Gasteiger partial charge in [-0.25, -0.2) is 4.98 Å². The van der Waals surface area contributed by atoms with E-state index in [0.29, 0.717) is 16.2 Å². The van der Waals surface area contributed by atoms with Crippen molar-refractivity contribution in [2.75, 3.05) is 0 Å². The predicted molar refractivity (Wildman–Crippen MR) is 96.8 cm³/mol. The fourth-order valence-corrected chi connectivity index (χ4v) is 3.64. The van der Waals surface area contributed by atoms with Crippen molar-refractivity contribution in [1.29, 1.82) is 0 Å². The molecule has 0 unspecified atom stereocenters. The molecule has 0 radical (unpaired) electrons. The number of aromatic nitrogens is 2. The number of nitrogens with zero attached hydrogens (tertiary/aromatic N) is 3. The second-order valence-corrected chi connectivity index (χ2v) is 6.43. The van der Waals surface area contributed by atoms with Gasteiger partial charge in [0.05, 0.1) is 26.9 Å². The third kappa shape index (κ3) is 2.10. The van der Waals surface area contributed by atoms with Crippen LogP contribution in [0.5, 0.6) is 0 Å². The van der Waals surface area contributed by atoms with Gasteiger partial charge in [0.2, 0.25) is 0 Å². The molecule has 28 heavy (non-hydrogen) atoms. The van der Waals surface area contributed by atoms with Gasteiger partial charge in [0.15, 0.2) is 0 Å². The van der Waals surface area contributed by atoms with Gasteiger partial charge in [-0.15, -0.1) is 0 Å². The van der Waals surface area contributed by atoms with Gasteiger partial charge < -0.3 is 0 Å². The van der Waals surface area contributed by atoms with Crippen LogP contribution in [0.3, 0.4) is 0 Å². The van der Waals surface area contributed by atoms with Crippen LogP contribution in [0.2, 0.25) is 0 Å². The molecule has 138 valence electrons. The number of hydrogen-bond donors (Lipinski definition) is 0. The molecule has 0 saturated carbocycles. The van der Waals surface area contributed by atoms with Crippen LogP contribution in [-0.2, 0) is 6.18 Å². The third-order valence-electron chi connectivity index (χ3n) is 4.83. The molecule has 5 aromatic rings. The first-order chi connectivity index (χ1) is 13.3. The number of benzene rings is 3. The molecule has 0 bridgehead atoms. The van der Waals surface area contributed by atoms with Crippen LogP contribution in [0, 0.1) is 10.1 Å².